The van der Waals surface area contributed by atoms with E-state index in [1.165, 1.54) is 0 Å². The van der Waals surface area contributed by atoms with Gasteiger partial charge in [0.2, 0.25) is 0 Å². The monoisotopic (exact) mass is 512 g/mol. The molecular weight excluding hydrogens is 480 g/mol. The maximum absolute atomic E-state index is 13.2. The number of carboxylic acid groups (broad SMARTS) is 1. The summed E-state index contributed by atoms with van der Waals surface area (Å²) in [6.45, 7) is 2.45. The smallest absolute Gasteiger partial charge is 0.330 e. The number of benzene rings is 2. The maximum atomic E-state index is 13.2. The molecule has 2 saturated heterocycles. The van der Waals surface area contributed by atoms with E-state index in [0.717, 1.165) is 29.7 Å². The van der Waals surface area contributed by atoms with Crippen molar-refractivity contribution in [2.24, 2.45) is 5.92 Å². The van der Waals surface area contributed by atoms with Crippen molar-refractivity contribution in [2.45, 2.75) is 43.8 Å². The molecule has 2 aliphatic heterocycles. The van der Waals surface area contributed by atoms with Crippen molar-refractivity contribution in [1.82, 2.24) is 14.9 Å². The van der Waals surface area contributed by atoms with Crippen LogP contribution in [0.25, 0.3) is 11.1 Å². The van der Waals surface area contributed by atoms with Gasteiger partial charge in [-0.25, -0.2) is 4.79 Å². The van der Waals surface area contributed by atoms with Crippen molar-refractivity contribution in [1.29, 1.82) is 0 Å². The Balaban J connectivity index is 1.32. The summed E-state index contributed by atoms with van der Waals surface area (Å²) in [6.07, 6.45) is 6.62. The minimum atomic E-state index is -1.10. The number of oxazole rings is 1. The lowest BCUT2D eigenvalue weighted by molar-refractivity contribution is -0.147. The Morgan fingerprint density at radius 2 is 1.84 bits per heavy atom. The lowest BCUT2D eigenvalue weighted by Gasteiger charge is -2.46. The lowest BCUT2D eigenvalue weighted by atomic mass is 9.75. The molecule has 0 bridgehead atoms. The fraction of sp³-hybridized carbons (Fsp3) is 0.367. The number of fused-ring (bicyclic) bond motifs is 1. The molecule has 0 saturated carbocycles. The molecular formula is C30H32N4O4. The average molecular weight is 513 g/mol. The maximum Gasteiger partial charge on any atom is 0.330 e. The first-order valence-corrected chi connectivity index (χ1v) is 13.3. The highest BCUT2D eigenvalue weighted by molar-refractivity contribution is 5.85. The van der Waals surface area contributed by atoms with E-state index in [2.05, 4.69) is 9.88 Å². The molecule has 2 aromatic carbocycles. The first kappa shape index (κ1) is 24.4. The van der Waals surface area contributed by atoms with Crippen LogP contribution in [-0.2, 0) is 11.3 Å². The van der Waals surface area contributed by atoms with Crippen LogP contribution in [0.4, 0.5) is 6.01 Å². The molecule has 8 nitrogen and oxygen atoms in total. The van der Waals surface area contributed by atoms with Gasteiger partial charge in [-0.05, 0) is 67.6 Å². The summed E-state index contributed by atoms with van der Waals surface area (Å²) >= 11 is 0. The minimum absolute atomic E-state index is 0.0667. The average Bonchev–Trinajstić information content (AvgIpc) is 3.57. The zero-order valence-corrected chi connectivity index (χ0v) is 21.3. The minimum Gasteiger partial charge on any atom is -0.492 e. The van der Waals surface area contributed by atoms with Crippen molar-refractivity contribution >= 4 is 23.1 Å². The molecule has 2 aromatic heterocycles. The highest BCUT2D eigenvalue weighted by Crippen LogP contribution is 2.44. The topological polar surface area (TPSA) is 91.9 Å². The molecule has 2 fully saturated rings. The van der Waals surface area contributed by atoms with Crippen LogP contribution in [0.2, 0.25) is 0 Å². The van der Waals surface area contributed by atoms with Gasteiger partial charge in [0, 0.05) is 44.0 Å². The number of para-hydroxylation sites is 3. The number of anilines is 1. The summed E-state index contributed by atoms with van der Waals surface area (Å²) < 4.78 is 12.3. The second-order valence-corrected chi connectivity index (χ2v) is 10.3. The molecule has 2 aliphatic rings. The van der Waals surface area contributed by atoms with Crippen LogP contribution in [0.1, 0.15) is 31.2 Å². The van der Waals surface area contributed by atoms with Gasteiger partial charge in [0.25, 0.3) is 6.01 Å². The number of nitrogens with zero attached hydrogens (tertiary/aromatic N) is 4. The van der Waals surface area contributed by atoms with E-state index in [0.29, 0.717) is 50.7 Å². The van der Waals surface area contributed by atoms with Gasteiger partial charge < -0.3 is 19.2 Å². The number of aromatic nitrogens is 2. The summed E-state index contributed by atoms with van der Waals surface area (Å²) in [5, 5.41) is 10.9. The van der Waals surface area contributed by atoms with E-state index in [1.54, 1.807) is 12.4 Å². The van der Waals surface area contributed by atoms with Crippen LogP contribution < -0.4 is 9.64 Å². The molecule has 0 radical (unpaired) electrons. The van der Waals surface area contributed by atoms with E-state index in [9.17, 15) is 9.90 Å². The van der Waals surface area contributed by atoms with Gasteiger partial charge in [-0.3, -0.25) is 9.88 Å². The standard InChI is InChI=1S/C30H32N4O4/c35-28(36)30(14-6-7-17-34(30)29-32-26-10-4-5-11-27(26)38-29)23-18-24(21-37-25-8-2-1-3-9-25)33(20-23)19-22-12-15-31-16-13-22/h1-5,8-13,15-16,23-24H,6-7,14,17-21H2,(H,35,36)/t23-,24-,30-/m0/s1. The van der Waals surface area contributed by atoms with Gasteiger partial charge in [0.1, 0.15) is 23.4 Å². The van der Waals surface area contributed by atoms with Crippen molar-refractivity contribution in [3.8, 4) is 5.75 Å². The Morgan fingerprint density at radius 3 is 2.63 bits per heavy atom. The second-order valence-electron chi connectivity index (χ2n) is 10.3. The van der Waals surface area contributed by atoms with Crippen LogP contribution in [0, 0.1) is 5.92 Å². The van der Waals surface area contributed by atoms with Gasteiger partial charge in [0.15, 0.2) is 5.58 Å². The Kier molecular flexibility index (Phi) is 6.72. The third-order valence-electron chi connectivity index (χ3n) is 8.08. The van der Waals surface area contributed by atoms with E-state index in [-0.39, 0.29) is 12.0 Å². The van der Waals surface area contributed by atoms with Gasteiger partial charge in [-0.15, -0.1) is 0 Å². The number of aliphatic carboxylic acids is 1. The predicted molar refractivity (Wildman–Crippen MR) is 144 cm³/mol. The van der Waals surface area contributed by atoms with Crippen LogP contribution in [0.3, 0.4) is 0 Å². The molecule has 0 aliphatic carbocycles. The molecule has 3 atom stereocenters. The molecule has 0 amide bonds. The highest BCUT2D eigenvalue weighted by atomic mass is 16.5. The highest BCUT2D eigenvalue weighted by Gasteiger charge is 2.56. The van der Waals surface area contributed by atoms with Crippen LogP contribution >= 0.6 is 0 Å². The van der Waals surface area contributed by atoms with E-state index in [1.807, 2.05) is 71.6 Å². The van der Waals surface area contributed by atoms with E-state index in [4.69, 9.17) is 14.1 Å². The summed E-state index contributed by atoms with van der Waals surface area (Å²) in [4.78, 5) is 26.4. The Bertz CT molecular complexity index is 1350. The third-order valence-corrected chi connectivity index (χ3v) is 8.08. The van der Waals surface area contributed by atoms with Crippen molar-refractivity contribution in [3.63, 3.8) is 0 Å². The van der Waals surface area contributed by atoms with Crippen molar-refractivity contribution in [2.75, 3.05) is 24.6 Å². The number of pyridine rings is 1. The number of ether oxygens (including phenoxy) is 1. The summed E-state index contributed by atoms with van der Waals surface area (Å²) in [6, 6.07) is 21.9. The SMILES string of the molecule is O=C(O)[C@@]1([C@H]2C[C@@H](COc3ccccc3)N(Cc3ccncc3)C2)CCCCN1c1nc2ccccc2o1. The largest absolute Gasteiger partial charge is 0.492 e. The molecule has 196 valence electrons. The van der Waals surface area contributed by atoms with Gasteiger partial charge in [-0.2, -0.15) is 4.98 Å². The predicted octanol–water partition coefficient (Wildman–Crippen LogP) is 5.01. The lowest BCUT2D eigenvalue weighted by Crippen LogP contribution is -2.62. The molecule has 1 N–H and O–H groups in total. The number of piperidine rings is 1. The number of carboxylic acids is 1. The van der Waals surface area contributed by atoms with E-state index >= 15 is 0 Å². The van der Waals surface area contributed by atoms with Crippen LogP contribution in [0.5, 0.6) is 5.75 Å². The number of carbonyl (C=O) groups is 1. The van der Waals surface area contributed by atoms with Gasteiger partial charge in [0.05, 0.1) is 0 Å². The van der Waals surface area contributed by atoms with Crippen molar-refractivity contribution < 1.29 is 19.1 Å². The molecule has 4 aromatic rings. The summed E-state index contributed by atoms with van der Waals surface area (Å²) in [7, 11) is 0. The molecule has 0 unspecified atom stereocenters. The first-order chi connectivity index (χ1) is 18.6. The quantitative estimate of drug-likeness (QED) is 0.352. The number of rotatable bonds is 8. The number of likely N-dealkylation sites (tertiary alicyclic amines) is 1. The van der Waals surface area contributed by atoms with Crippen molar-refractivity contribution in [3.05, 3.63) is 84.7 Å². The first-order valence-electron chi connectivity index (χ1n) is 13.3. The third kappa shape index (κ3) is 4.60. The molecule has 6 rings (SSSR count). The summed E-state index contributed by atoms with van der Waals surface area (Å²) in [5.74, 6) is -0.113. The molecule has 0 spiro atoms. The number of hydrogen-bond donors (Lipinski definition) is 1. The van der Waals surface area contributed by atoms with Crippen LogP contribution in [0.15, 0.2) is 83.5 Å². The molecule has 8 heteroatoms. The fourth-order valence-corrected chi connectivity index (χ4v) is 6.19. The number of hydrogen-bond acceptors (Lipinski definition) is 7. The molecule has 4 heterocycles. The zero-order chi connectivity index (χ0) is 26.0. The second kappa shape index (κ2) is 10.5. The normalized spacial score (nSPS) is 24.1. The fourth-order valence-electron chi connectivity index (χ4n) is 6.19. The van der Waals surface area contributed by atoms with Gasteiger partial charge >= 0.3 is 5.97 Å². The van der Waals surface area contributed by atoms with Gasteiger partial charge in [-0.1, -0.05) is 30.3 Å². The van der Waals surface area contributed by atoms with Crippen LogP contribution in [-0.4, -0.2) is 57.2 Å². The molecule has 38 heavy (non-hydrogen) atoms. The zero-order valence-electron chi connectivity index (χ0n) is 21.3. The Morgan fingerprint density at radius 1 is 1.05 bits per heavy atom. The summed E-state index contributed by atoms with van der Waals surface area (Å²) in [5.41, 5.74) is 1.46. The Labute approximate surface area is 221 Å². The van der Waals surface area contributed by atoms with E-state index < -0.39 is 11.5 Å². The Hall–Kier alpha value is -3.91.